The van der Waals surface area contributed by atoms with Crippen LogP contribution in [0.1, 0.15) is 5.56 Å². The fourth-order valence-electron chi connectivity index (χ4n) is 1.30. The van der Waals surface area contributed by atoms with Crippen LogP contribution < -0.4 is 11.3 Å². The zero-order chi connectivity index (χ0) is 10.8. The highest BCUT2D eigenvalue weighted by Gasteiger charge is 2.08. The summed E-state index contributed by atoms with van der Waals surface area (Å²) in [5.74, 6) is 5.30. The van der Waals surface area contributed by atoms with Gasteiger partial charge < -0.3 is 5.43 Å². The van der Waals surface area contributed by atoms with E-state index in [0.29, 0.717) is 0 Å². The van der Waals surface area contributed by atoms with E-state index in [1.807, 2.05) is 25.1 Å². The Hall–Kier alpha value is -1.10. The third-order valence-electron chi connectivity index (χ3n) is 2.15. The first-order valence-corrected chi connectivity index (χ1v) is 5.59. The molecule has 1 aromatic carbocycles. The summed E-state index contributed by atoms with van der Waals surface area (Å²) in [5, 5.41) is 2.51. The number of halogens is 1. The molecule has 0 atom stereocenters. The monoisotopic (exact) mass is 239 g/mol. The van der Waals surface area contributed by atoms with Crippen LogP contribution in [0.15, 0.2) is 24.4 Å². The number of nitrogen functional groups attached to an aromatic ring is 1. The second-order valence-electron chi connectivity index (χ2n) is 3.09. The molecule has 0 radical (unpaired) electrons. The van der Waals surface area contributed by atoms with Crippen molar-refractivity contribution in [1.29, 1.82) is 0 Å². The van der Waals surface area contributed by atoms with Crippen LogP contribution in [-0.2, 0) is 0 Å². The summed E-state index contributed by atoms with van der Waals surface area (Å²) in [6.07, 6.45) is 1.71. The van der Waals surface area contributed by atoms with Gasteiger partial charge in [-0.05, 0) is 18.6 Å². The van der Waals surface area contributed by atoms with Gasteiger partial charge in [-0.1, -0.05) is 35.1 Å². The Bertz CT molecular complexity index is 481. The molecule has 78 valence electrons. The molecule has 15 heavy (non-hydrogen) atoms. The van der Waals surface area contributed by atoms with Gasteiger partial charge in [-0.3, -0.25) is 0 Å². The van der Waals surface area contributed by atoms with Gasteiger partial charge in [0.05, 0.1) is 6.20 Å². The first kappa shape index (κ1) is 10.4. The number of nitrogens with two attached hydrogens (primary N) is 1. The fourth-order valence-corrected chi connectivity index (χ4v) is 2.29. The van der Waals surface area contributed by atoms with Gasteiger partial charge in [-0.25, -0.2) is 10.8 Å². The van der Waals surface area contributed by atoms with E-state index in [1.54, 1.807) is 6.20 Å². The maximum Gasteiger partial charge on any atom is 0.125 e. The first-order valence-electron chi connectivity index (χ1n) is 4.40. The highest BCUT2D eigenvalue weighted by Crippen LogP contribution is 2.32. The maximum absolute atomic E-state index is 6.04. The second kappa shape index (κ2) is 4.18. The highest BCUT2D eigenvalue weighted by atomic mass is 35.5. The van der Waals surface area contributed by atoms with Crippen molar-refractivity contribution in [2.45, 2.75) is 6.92 Å². The summed E-state index contributed by atoms with van der Waals surface area (Å²) in [4.78, 5) is 4.28. The number of benzene rings is 1. The van der Waals surface area contributed by atoms with Crippen LogP contribution in [0.25, 0.3) is 10.6 Å². The lowest BCUT2D eigenvalue weighted by molar-refractivity contribution is 1.34. The molecule has 2 rings (SSSR count). The number of aromatic nitrogens is 1. The molecule has 0 aliphatic heterocycles. The van der Waals surface area contributed by atoms with Gasteiger partial charge in [-0.2, -0.15) is 0 Å². The van der Waals surface area contributed by atoms with E-state index in [9.17, 15) is 0 Å². The molecule has 0 spiro atoms. The van der Waals surface area contributed by atoms with Crippen LogP contribution in [0.2, 0.25) is 5.02 Å². The van der Waals surface area contributed by atoms with E-state index in [0.717, 1.165) is 26.2 Å². The van der Waals surface area contributed by atoms with E-state index < -0.39 is 0 Å². The molecule has 0 aliphatic carbocycles. The first-order chi connectivity index (χ1) is 7.22. The summed E-state index contributed by atoms with van der Waals surface area (Å²) in [6, 6.07) is 5.79. The van der Waals surface area contributed by atoms with Crippen molar-refractivity contribution in [2.75, 3.05) is 5.43 Å². The molecule has 0 amide bonds. The lowest BCUT2D eigenvalue weighted by Crippen LogP contribution is -2.04. The van der Waals surface area contributed by atoms with Crippen molar-refractivity contribution in [1.82, 2.24) is 4.98 Å². The van der Waals surface area contributed by atoms with Gasteiger partial charge in [0.25, 0.3) is 0 Å². The lowest BCUT2D eigenvalue weighted by atomic mass is 10.1. The predicted molar refractivity (Wildman–Crippen MR) is 65.1 cm³/mol. The van der Waals surface area contributed by atoms with Crippen molar-refractivity contribution in [3.63, 3.8) is 0 Å². The van der Waals surface area contributed by atoms with Crippen LogP contribution in [-0.4, -0.2) is 4.98 Å². The SMILES string of the molecule is Cc1c(Cl)cccc1-c1ncc(NN)s1. The van der Waals surface area contributed by atoms with E-state index >= 15 is 0 Å². The Kier molecular flexibility index (Phi) is 2.90. The summed E-state index contributed by atoms with van der Waals surface area (Å²) in [5.41, 5.74) is 4.66. The van der Waals surface area contributed by atoms with Crippen molar-refractivity contribution in [3.8, 4) is 10.6 Å². The van der Waals surface area contributed by atoms with Crippen molar-refractivity contribution in [2.24, 2.45) is 5.84 Å². The van der Waals surface area contributed by atoms with Gasteiger partial charge in [0, 0.05) is 10.6 Å². The Balaban J connectivity index is 2.49. The summed E-state index contributed by atoms with van der Waals surface area (Å²) in [7, 11) is 0. The highest BCUT2D eigenvalue weighted by molar-refractivity contribution is 7.18. The quantitative estimate of drug-likeness (QED) is 0.626. The molecule has 0 bridgehead atoms. The van der Waals surface area contributed by atoms with Crippen LogP contribution >= 0.6 is 22.9 Å². The summed E-state index contributed by atoms with van der Waals surface area (Å²) < 4.78 is 0. The average molecular weight is 240 g/mol. The van der Waals surface area contributed by atoms with Crippen molar-refractivity contribution < 1.29 is 0 Å². The smallest absolute Gasteiger partial charge is 0.125 e. The average Bonchev–Trinajstić information content (AvgIpc) is 2.70. The number of nitrogens with one attached hydrogen (secondary N) is 1. The number of hydrazine groups is 1. The van der Waals surface area contributed by atoms with Crippen LogP contribution in [0.3, 0.4) is 0 Å². The Morgan fingerprint density at radius 1 is 1.47 bits per heavy atom. The molecule has 0 aliphatic rings. The molecule has 0 fully saturated rings. The van der Waals surface area contributed by atoms with E-state index in [1.165, 1.54) is 11.3 Å². The van der Waals surface area contributed by atoms with Crippen LogP contribution in [0.4, 0.5) is 5.00 Å². The van der Waals surface area contributed by atoms with Gasteiger partial charge in [0.2, 0.25) is 0 Å². The number of hydrogen-bond donors (Lipinski definition) is 2. The molecule has 0 unspecified atom stereocenters. The fraction of sp³-hybridized carbons (Fsp3) is 0.100. The number of rotatable bonds is 2. The van der Waals surface area contributed by atoms with Gasteiger partial charge in [0.1, 0.15) is 10.0 Å². The number of hydrogen-bond acceptors (Lipinski definition) is 4. The van der Waals surface area contributed by atoms with Gasteiger partial charge >= 0.3 is 0 Å². The van der Waals surface area contributed by atoms with Gasteiger partial charge in [0.15, 0.2) is 0 Å². The Morgan fingerprint density at radius 3 is 2.93 bits per heavy atom. The standard InChI is InChI=1S/C10H10ClN3S/c1-6-7(3-2-4-8(6)11)10-13-5-9(14-12)15-10/h2-5,14H,12H2,1H3. The molecule has 2 aromatic rings. The van der Waals surface area contributed by atoms with Crippen molar-refractivity contribution >= 4 is 27.9 Å². The van der Waals surface area contributed by atoms with Crippen LogP contribution in [0.5, 0.6) is 0 Å². The Morgan fingerprint density at radius 2 is 2.27 bits per heavy atom. The molecule has 0 saturated heterocycles. The minimum Gasteiger partial charge on any atom is -0.314 e. The van der Waals surface area contributed by atoms with Crippen molar-refractivity contribution in [3.05, 3.63) is 35.0 Å². The maximum atomic E-state index is 6.04. The third-order valence-corrected chi connectivity index (χ3v) is 3.52. The van der Waals surface area contributed by atoms with E-state index in [-0.39, 0.29) is 0 Å². The summed E-state index contributed by atoms with van der Waals surface area (Å²) in [6.45, 7) is 1.98. The van der Waals surface area contributed by atoms with E-state index in [2.05, 4.69) is 10.4 Å². The zero-order valence-electron chi connectivity index (χ0n) is 8.12. The number of nitrogens with zero attached hydrogens (tertiary/aromatic N) is 1. The van der Waals surface area contributed by atoms with Gasteiger partial charge in [-0.15, -0.1) is 0 Å². The lowest BCUT2D eigenvalue weighted by Gasteiger charge is -2.03. The molecule has 5 heteroatoms. The Labute approximate surface area is 96.9 Å². The second-order valence-corrected chi connectivity index (χ2v) is 4.52. The normalized spacial score (nSPS) is 10.3. The predicted octanol–water partition coefficient (Wildman–Crippen LogP) is 3.06. The molecule has 1 heterocycles. The molecule has 1 aromatic heterocycles. The molecule has 3 N–H and O–H groups in total. The minimum atomic E-state index is 0.755. The van der Waals surface area contributed by atoms with E-state index in [4.69, 9.17) is 17.4 Å². The molecule has 3 nitrogen and oxygen atoms in total. The largest absolute Gasteiger partial charge is 0.314 e. The zero-order valence-corrected chi connectivity index (χ0v) is 9.69. The molecular formula is C10H10ClN3S. The molecule has 0 saturated carbocycles. The van der Waals surface area contributed by atoms with Crippen LogP contribution in [0, 0.1) is 6.92 Å². The number of anilines is 1. The summed E-state index contributed by atoms with van der Waals surface area (Å²) >= 11 is 7.54. The molecular weight excluding hydrogens is 230 g/mol. The number of thiazole rings is 1. The minimum absolute atomic E-state index is 0.755. The third kappa shape index (κ3) is 1.97. The topological polar surface area (TPSA) is 50.9 Å².